The van der Waals surface area contributed by atoms with E-state index in [0.717, 1.165) is 19.6 Å². The molecule has 1 unspecified atom stereocenters. The van der Waals surface area contributed by atoms with E-state index in [1.54, 1.807) is 0 Å². The number of nitrogens with zero attached hydrogens (tertiary/aromatic N) is 3. The van der Waals surface area contributed by atoms with Gasteiger partial charge in [0.1, 0.15) is 0 Å². The molecule has 0 spiro atoms. The Morgan fingerprint density at radius 2 is 2.35 bits per heavy atom. The third-order valence-corrected chi connectivity index (χ3v) is 3.24. The van der Waals surface area contributed by atoms with Crippen molar-refractivity contribution >= 4 is 6.01 Å². The molecule has 0 radical (unpaired) electrons. The van der Waals surface area contributed by atoms with E-state index >= 15 is 0 Å². The van der Waals surface area contributed by atoms with Gasteiger partial charge in [-0.3, -0.25) is 0 Å². The average Bonchev–Trinajstić information content (AvgIpc) is 2.73. The Morgan fingerprint density at radius 1 is 1.53 bits per heavy atom. The monoisotopic (exact) mass is 238 g/mol. The van der Waals surface area contributed by atoms with Crippen LogP contribution < -0.4 is 10.2 Å². The number of anilines is 1. The van der Waals surface area contributed by atoms with Gasteiger partial charge in [-0.25, -0.2) is 0 Å². The number of nitrogens with one attached hydrogen (secondary N) is 1. The smallest absolute Gasteiger partial charge is 0.322 e. The van der Waals surface area contributed by atoms with E-state index in [-0.39, 0.29) is 0 Å². The van der Waals surface area contributed by atoms with Crippen LogP contribution in [0.1, 0.15) is 32.5 Å². The van der Waals surface area contributed by atoms with Gasteiger partial charge in [-0.2, -0.15) is 4.98 Å². The Morgan fingerprint density at radius 3 is 2.88 bits per heavy atom. The number of hydrogen-bond donors (Lipinski definition) is 1. The molecule has 1 aromatic rings. The zero-order valence-corrected chi connectivity index (χ0v) is 10.9. The second kappa shape index (κ2) is 5.49. The zero-order valence-electron chi connectivity index (χ0n) is 10.9. The molecule has 0 amide bonds. The first-order valence-corrected chi connectivity index (χ1v) is 6.44. The first kappa shape index (κ1) is 12.4. The van der Waals surface area contributed by atoms with E-state index in [1.807, 2.05) is 6.92 Å². The highest BCUT2D eigenvalue weighted by molar-refractivity contribution is 5.26. The van der Waals surface area contributed by atoms with Crippen molar-refractivity contribution in [3.05, 3.63) is 5.82 Å². The number of hydrogen-bond acceptors (Lipinski definition) is 5. The van der Waals surface area contributed by atoms with E-state index in [1.165, 1.54) is 12.8 Å². The third-order valence-electron chi connectivity index (χ3n) is 3.24. The van der Waals surface area contributed by atoms with Crippen molar-refractivity contribution in [2.45, 2.75) is 39.7 Å². The molecule has 96 valence electrons. The van der Waals surface area contributed by atoms with Crippen LogP contribution in [0.3, 0.4) is 0 Å². The first-order valence-electron chi connectivity index (χ1n) is 6.44. The van der Waals surface area contributed by atoms with E-state index in [9.17, 15) is 0 Å². The second-order valence-corrected chi connectivity index (χ2v) is 5.08. The van der Waals surface area contributed by atoms with Crippen molar-refractivity contribution in [1.29, 1.82) is 0 Å². The highest BCUT2D eigenvalue weighted by Gasteiger charge is 2.22. The molecule has 5 heteroatoms. The maximum atomic E-state index is 5.27. The van der Waals surface area contributed by atoms with Gasteiger partial charge in [0.15, 0.2) is 5.82 Å². The van der Waals surface area contributed by atoms with Crippen LogP contribution in [0.15, 0.2) is 4.52 Å². The molecule has 0 saturated carbocycles. The molecule has 2 rings (SSSR count). The van der Waals surface area contributed by atoms with Gasteiger partial charge in [-0.05, 0) is 52.6 Å². The third kappa shape index (κ3) is 3.19. The predicted molar refractivity (Wildman–Crippen MR) is 67.1 cm³/mol. The van der Waals surface area contributed by atoms with Crippen molar-refractivity contribution in [1.82, 2.24) is 15.5 Å². The lowest BCUT2D eigenvalue weighted by Gasteiger charge is -2.31. The van der Waals surface area contributed by atoms with Crippen molar-refractivity contribution in [3.63, 3.8) is 0 Å². The Bertz CT molecular complexity index is 344. The molecule has 0 aliphatic carbocycles. The van der Waals surface area contributed by atoms with Crippen LogP contribution in [0.2, 0.25) is 0 Å². The maximum Gasteiger partial charge on any atom is 0.324 e. The SMILES string of the molecule is Cc1noc(N(CC2CCCNC2)C(C)C)n1. The topological polar surface area (TPSA) is 54.2 Å². The average molecular weight is 238 g/mol. The Labute approximate surface area is 103 Å². The molecule has 17 heavy (non-hydrogen) atoms. The lowest BCUT2D eigenvalue weighted by molar-refractivity contribution is 0.348. The van der Waals surface area contributed by atoms with E-state index in [2.05, 4.69) is 34.2 Å². The van der Waals surface area contributed by atoms with Crippen LogP contribution in [0.5, 0.6) is 0 Å². The van der Waals surface area contributed by atoms with E-state index in [0.29, 0.717) is 23.8 Å². The highest BCUT2D eigenvalue weighted by Crippen LogP contribution is 2.19. The van der Waals surface area contributed by atoms with Gasteiger partial charge in [0, 0.05) is 12.6 Å². The van der Waals surface area contributed by atoms with Crippen LogP contribution in [-0.4, -0.2) is 35.8 Å². The summed E-state index contributed by atoms with van der Waals surface area (Å²) >= 11 is 0. The molecule has 1 fully saturated rings. The maximum absolute atomic E-state index is 5.27. The molecule has 1 N–H and O–H groups in total. The minimum Gasteiger partial charge on any atom is -0.322 e. The molecule has 2 heterocycles. The summed E-state index contributed by atoms with van der Waals surface area (Å²) in [5.41, 5.74) is 0. The molecule has 1 aliphatic rings. The van der Waals surface area contributed by atoms with Crippen molar-refractivity contribution < 1.29 is 4.52 Å². The first-order chi connectivity index (χ1) is 8.16. The Kier molecular flexibility index (Phi) is 3.99. The van der Waals surface area contributed by atoms with Gasteiger partial charge >= 0.3 is 6.01 Å². The molecule has 1 aliphatic heterocycles. The molecular weight excluding hydrogens is 216 g/mol. The second-order valence-electron chi connectivity index (χ2n) is 5.08. The molecule has 1 aromatic heterocycles. The van der Waals surface area contributed by atoms with Crippen LogP contribution >= 0.6 is 0 Å². The summed E-state index contributed by atoms with van der Waals surface area (Å²) in [6.45, 7) is 9.42. The minimum atomic E-state index is 0.386. The quantitative estimate of drug-likeness (QED) is 0.863. The molecular formula is C12H22N4O. The van der Waals surface area contributed by atoms with Crippen molar-refractivity contribution in [2.75, 3.05) is 24.5 Å². The van der Waals surface area contributed by atoms with Crippen LogP contribution in [-0.2, 0) is 0 Å². The summed E-state index contributed by atoms with van der Waals surface area (Å²) in [5.74, 6) is 1.38. The lowest BCUT2D eigenvalue weighted by Crippen LogP contribution is -2.41. The largest absolute Gasteiger partial charge is 0.324 e. The fourth-order valence-corrected chi connectivity index (χ4v) is 2.27. The summed E-state index contributed by atoms with van der Waals surface area (Å²) in [6, 6.07) is 1.04. The Hall–Kier alpha value is -1.10. The van der Waals surface area contributed by atoms with Crippen molar-refractivity contribution in [3.8, 4) is 0 Å². The summed E-state index contributed by atoms with van der Waals surface area (Å²) < 4.78 is 5.27. The fourth-order valence-electron chi connectivity index (χ4n) is 2.27. The summed E-state index contributed by atoms with van der Waals surface area (Å²) in [4.78, 5) is 6.53. The van der Waals surface area contributed by atoms with Crippen LogP contribution in [0.4, 0.5) is 6.01 Å². The molecule has 0 bridgehead atoms. The van der Waals surface area contributed by atoms with Crippen molar-refractivity contribution in [2.24, 2.45) is 5.92 Å². The van der Waals surface area contributed by atoms with E-state index in [4.69, 9.17) is 4.52 Å². The summed E-state index contributed by atoms with van der Waals surface area (Å²) in [6.07, 6.45) is 2.54. The Balaban J connectivity index is 2.01. The molecule has 1 atom stereocenters. The lowest BCUT2D eigenvalue weighted by atomic mass is 9.99. The number of aromatic nitrogens is 2. The predicted octanol–water partition coefficient (Wildman–Crippen LogP) is 1.59. The molecule has 5 nitrogen and oxygen atoms in total. The zero-order chi connectivity index (χ0) is 12.3. The normalized spacial score (nSPS) is 20.8. The van der Waals surface area contributed by atoms with Gasteiger partial charge in [0.25, 0.3) is 0 Å². The molecule has 0 aromatic carbocycles. The highest BCUT2D eigenvalue weighted by atomic mass is 16.5. The number of aryl methyl sites for hydroxylation is 1. The molecule has 1 saturated heterocycles. The van der Waals surface area contributed by atoms with E-state index < -0.39 is 0 Å². The minimum absolute atomic E-state index is 0.386. The van der Waals surface area contributed by atoms with Gasteiger partial charge < -0.3 is 14.7 Å². The van der Waals surface area contributed by atoms with Gasteiger partial charge in [-0.15, -0.1) is 0 Å². The summed E-state index contributed by atoms with van der Waals surface area (Å²) in [7, 11) is 0. The number of rotatable bonds is 4. The van der Waals surface area contributed by atoms with Gasteiger partial charge in [0.05, 0.1) is 0 Å². The van der Waals surface area contributed by atoms with Gasteiger partial charge in [-0.1, -0.05) is 5.16 Å². The van der Waals surface area contributed by atoms with Crippen LogP contribution in [0, 0.1) is 12.8 Å². The standard InChI is InChI=1S/C12H22N4O/c1-9(2)16(12-14-10(3)15-17-12)8-11-5-4-6-13-7-11/h9,11,13H,4-8H2,1-3H3. The number of piperidine rings is 1. The fraction of sp³-hybridized carbons (Fsp3) is 0.833. The van der Waals surface area contributed by atoms with Crippen LogP contribution in [0.25, 0.3) is 0 Å². The van der Waals surface area contributed by atoms with Gasteiger partial charge in [0.2, 0.25) is 0 Å². The summed E-state index contributed by atoms with van der Waals surface area (Å²) in [5, 5.41) is 7.31.